The second kappa shape index (κ2) is 9.14. The van der Waals surface area contributed by atoms with Crippen molar-refractivity contribution in [3.63, 3.8) is 0 Å². The van der Waals surface area contributed by atoms with E-state index in [9.17, 15) is 14.7 Å². The van der Waals surface area contributed by atoms with Crippen LogP contribution >= 0.6 is 0 Å². The summed E-state index contributed by atoms with van der Waals surface area (Å²) in [6.07, 6.45) is 8.23. The molecule has 5 atom stereocenters. The van der Waals surface area contributed by atoms with E-state index in [2.05, 4.69) is 36.1 Å². The first-order valence-corrected chi connectivity index (χ1v) is 13.8. The van der Waals surface area contributed by atoms with Crippen molar-refractivity contribution in [3.8, 4) is 0 Å². The van der Waals surface area contributed by atoms with Gasteiger partial charge in [0.25, 0.3) is 0 Å². The summed E-state index contributed by atoms with van der Waals surface area (Å²) in [4.78, 5) is 28.0. The largest absolute Gasteiger partial charge is 0.393 e. The molecule has 0 aromatic heterocycles. The van der Waals surface area contributed by atoms with Gasteiger partial charge in [-0.2, -0.15) is 0 Å². The number of piperazine rings is 1. The zero-order chi connectivity index (χ0) is 25.0. The second-order valence-electron chi connectivity index (χ2n) is 11.8. The highest BCUT2D eigenvalue weighted by molar-refractivity contribution is 5.93. The summed E-state index contributed by atoms with van der Waals surface area (Å²) < 4.78 is 0. The molecular formula is C30H38N2O4. The molecule has 6 rings (SSSR count). The number of allylic oxidation sites excluding steroid dienone is 4. The SMILES string of the molecule is CC12CC(c3ccc(N4CCN(C(=O)CO)CC4)cc3)C3=C4CCC(=O)C=C4CCC3C1CCC2O. The van der Waals surface area contributed by atoms with Crippen molar-refractivity contribution in [2.24, 2.45) is 17.3 Å². The maximum absolute atomic E-state index is 12.2. The van der Waals surface area contributed by atoms with Gasteiger partial charge in [0, 0.05) is 44.2 Å². The third kappa shape index (κ3) is 3.84. The van der Waals surface area contributed by atoms with Crippen LogP contribution in [0.2, 0.25) is 0 Å². The fraction of sp³-hybridized carbons (Fsp3) is 0.600. The first-order chi connectivity index (χ1) is 17.4. The Bertz CT molecular complexity index is 1110. The number of anilines is 1. The van der Waals surface area contributed by atoms with Gasteiger partial charge >= 0.3 is 0 Å². The Morgan fingerprint density at radius 3 is 2.50 bits per heavy atom. The summed E-state index contributed by atoms with van der Waals surface area (Å²) in [7, 11) is 0. The average molecular weight is 491 g/mol. The number of ketones is 1. The van der Waals surface area contributed by atoms with Gasteiger partial charge in [0.15, 0.2) is 5.78 Å². The predicted molar refractivity (Wildman–Crippen MR) is 139 cm³/mol. The molecule has 6 heteroatoms. The molecule has 6 nitrogen and oxygen atoms in total. The van der Waals surface area contributed by atoms with E-state index in [1.807, 2.05) is 6.08 Å². The van der Waals surface area contributed by atoms with Crippen LogP contribution in [-0.2, 0) is 9.59 Å². The highest BCUT2D eigenvalue weighted by Crippen LogP contribution is 2.63. The van der Waals surface area contributed by atoms with Crippen LogP contribution < -0.4 is 4.90 Å². The molecule has 0 spiro atoms. The molecule has 192 valence electrons. The smallest absolute Gasteiger partial charge is 0.248 e. The van der Waals surface area contributed by atoms with Crippen molar-refractivity contribution in [2.45, 2.75) is 63.9 Å². The minimum absolute atomic E-state index is 0.0562. The number of aliphatic hydroxyl groups excluding tert-OH is 2. The monoisotopic (exact) mass is 490 g/mol. The van der Waals surface area contributed by atoms with Gasteiger partial charge in [0.1, 0.15) is 6.61 Å². The van der Waals surface area contributed by atoms with E-state index in [0.29, 0.717) is 31.3 Å². The lowest BCUT2D eigenvalue weighted by atomic mass is 9.53. The molecule has 1 aliphatic heterocycles. The van der Waals surface area contributed by atoms with E-state index < -0.39 is 6.61 Å². The minimum Gasteiger partial charge on any atom is -0.393 e. The maximum atomic E-state index is 12.2. The molecule has 4 aliphatic carbocycles. The molecule has 1 saturated heterocycles. The summed E-state index contributed by atoms with van der Waals surface area (Å²) in [6.45, 7) is 4.69. The molecule has 5 aliphatic rings. The van der Waals surface area contributed by atoms with Crippen LogP contribution in [0.1, 0.15) is 63.4 Å². The Balaban J connectivity index is 1.31. The van der Waals surface area contributed by atoms with Crippen LogP contribution in [0.25, 0.3) is 0 Å². The Morgan fingerprint density at radius 2 is 1.78 bits per heavy atom. The summed E-state index contributed by atoms with van der Waals surface area (Å²) >= 11 is 0. The predicted octanol–water partition coefficient (Wildman–Crippen LogP) is 3.59. The van der Waals surface area contributed by atoms with Crippen molar-refractivity contribution in [3.05, 3.63) is 52.6 Å². The molecule has 2 saturated carbocycles. The van der Waals surface area contributed by atoms with Crippen LogP contribution in [0.15, 0.2) is 47.1 Å². The number of fused-ring (bicyclic) bond motifs is 4. The Labute approximate surface area is 213 Å². The molecule has 2 N–H and O–H groups in total. The van der Waals surface area contributed by atoms with E-state index in [0.717, 1.165) is 57.3 Å². The number of benzene rings is 1. The number of hydrogen-bond acceptors (Lipinski definition) is 5. The lowest BCUT2D eigenvalue weighted by molar-refractivity contribution is -0.134. The van der Waals surface area contributed by atoms with Gasteiger partial charge in [0.2, 0.25) is 5.91 Å². The van der Waals surface area contributed by atoms with Crippen molar-refractivity contribution in [1.29, 1.82) is 0 Å². The highest BCUT2D eigenvalue weighted by Gasteiger charge is 2.56. The van der Waals surface area contributed by atoms with Gasteiger partial charge in [-0.3, -0.25) is 9.59 Å². The standard InChI is InChI=1S/C30H38N2O4/c1-30-17-25(19-2-5-21(6-3-19)31-12-14-32(15-13-31)28(36)18-33)29-23-9-7-22(34)16-20(23)4-8-24(29)26(30)10-11-27(30)35/h2-3,5-6,16,24-27,33,35H,4,7-15,17-18H2,1H3. The average Bonchev–Trinajstić information content (AvgIpc) is 3.21. The van der Waals surface area contributed by atoms with E-state index in [-0.39, 0.29) is 29.1 Å². The van der Waals surface area contributed by atoms with Crippen LogP contribution in [-0.4, -0.2) is 65.7 Å². The highest BCUT2D eigenvalue weighted by atomic mass is 16.3. The topological polar surface area (TPSA) is 81.1 Å². The van der Waals surface area contributed by atoms with Gasteiger partial charge in [-0.05, 0) is 90.7 Å². The van der Waals surface area contributed by atoms with Gasteiger partial charge in [0.05, 0.1) is 6.10 Å². The van der Waals surface area contributed by atoms with Crippen molar-refractivity contribution < 1.29 is 19.8 Å². The fourth-order valence-electron chi connectivity index (χ4n) is 8.16. The van der Waals surface area contributed by atoms with E-state index >= 15 is 0 Å². The van der Waals surface area contributed by atoms with Crippen molar-refractivity contribution in [1.82, 2.24) is 4.90 Å². The van der Waals surface area contributed by atoms with Gasteiger partial charge in [-0.1, -0.05) is 24.6 Å². The van der Waals surface area contributed by atoms with Crippen LogP contribution in [0.4, 0.5) is 5.69 Å². The molecule has 3 fully saturated rings. The third-order valence-electron chi connectivity index (χ3n) is 10.1. The molecule has 36 heavy (non-hydrogen) atoms. The van der Waals surface area contributed by atoms with Crippen LogP contribution in [0, 0.1) is 17.3 Å². The molecule has 1 aromatic rings. The number of hydrogen-bond donors (Lipinski definition) is 2. The minimum atomic E-state index is -0.422. The number of amides is 1. The number of nitrogens with zero attached hydrogens (tertiary/aromatic N) is 2. The van der Waals surface area contributed by atoms with E-state index in [1.54, 1.807) is 10.5 Å². The first-order valence-electron chi connectivity index (χ1n) is 13.8. The van der Waals surface area contributed by atoms with E-state index in [1.165, 1.54) is 16.7 Å². The lowest BCUT2D eigenvalue weighted by Gasteiger charge is -2.52. The Hall–Kier alpha value is -2.44. The zero-order valence-corrected chi connectivity index (χ0v) is 21.3. The fourth-order valence-corrected chi connectivity index (χ4v) is 8.16. The Kier molecular flexibility index (Phi) is 6.08. The molecule has 1 amide bonds. The van der Waals surface area contributed by atoms with Gasteiger partial charge < -0.3 is 20.0 Å². The van der Waals surface area contributed by atoms with Crippen LogP contribution in [0.3, 0.4) is 0 Å². The van der Waals surface area contributed by atoms with Crippen LogP contribution in [0.5, 0.6) is 0 Å². The summed E-state index contributed by atoms with van der Waals surface area (Å²) in [6, 6.07) is 8.96. The van der Waals surface area contributed by atoms with Gasteiger partial charge in [-0.25, -0.2) is 0 Å². The Morgan fingerprint density at radius 1 is 1.03 bits per heavy atom. The maximum Gasteiger partial charge on any atom is 0.248 e. The zero-order valence-electron chi connectivity index (χ0n) is 21.3. The first kappa shape index (κ1) is 23.9. The normalized spacial score (nSPS) is 34.2. The molecular weight excluding hydrogens is 452 g/mol. The summed E-state index contributed by atoms with van der Waals surface area (Å²) in [5.74, 6) is 1.39. The molecule has 0 bridgehead atoms. The van der Waals surface area contributed by atoms with Crippen molar-refractivity contribution >= 4 is 17.4 Å². The summed E-state index contributed by atoms with van der Waals surface area (Å²) in [5, 5.41) is 20.2. The molecule has 0 radical (unpaired) electrons. The third-order valence-corrected chi connectivity index (χ3v) is 10.1. The number of carbonyl (C=O) groups is 2. The van der Waals surface area contributed by atoms with E-state index in [4.69, 9.17) is 5.11 Å². The number of aliphatic hydroxyl groups is 2. The lowest BCUT2D eigenvalue weighted by Crippen LogP contribution is -2.49. The number of carbonyl (C=O) groups excluding carboxylic acids is 2. The van der Waals surface area contributed by atoms with Crippen molar-refractivity contribution in [2.75, 3.05) is 37.7 Å². The molecule has 5 unspecified atom stereocenters. The molecule has 1 heterocycles. The molecule has 1 aromatic carbocycles. The summed E-state index contributed by atoms with van der Waals surface area (Å²) in [5.41, 5.74) is 6.72. The second-order valence-corrected chi connectivity index (χ2v) is 11.8. The van der Waals surface area contributed by atoms with Gasteiger partial charge in [-0.15, -0.1) is 0 Å². The number of rotatable bonds is 3. The quantitative estimate of drug-likeness (QED) is 0.677.